The van der Waals surface area contributed by atoms with Crippen LogP contribution in [0.5, 0.6) is 0 Å². The number of nitrogens with one attached hydrogen (secondary N) is 2. The molecule has 2 unspecified atom stereocenters. The van der Waals surface area contributed by atoms with E-state index >= 15 is 0 Å². The zero-order valence-electron chi connectivity index (χ0n) is 21.6. The molecule has 8 nitrogen and oxygen atoms in total. The van der Waals surface area contributed by atoms with Crippen LogP contribution in [-0.4, -0.2) is 48.7 Å². The lowest BCUT2D eigenvalue weighted by Crippen LogP contribution is -2.40. The van der Waals surface area contributed by atoms with Gasteiger partial charge in [-0.3, -0.25) is 0 Å². The molecular weight excluding hydrogens is 573 g/mol. The molecule has 6 rings (SSSR count). The molecule has 0 bridgehead atoms. The number of rotatable bonds is 6. The summed E-state index contributed by atoms with van der Waals surface area (Å²) in [5.74, 6) is 0.210. The highest BCUT2D eigenvalue weighted by Gasteiger charge is 2.38. The summed E-state index contributed by atoms with van der Waals surface area (Å²) >= 11 is 0.976. The van der Waals surface area contributed by atoms with Gasteiger partial charge in [-0.15, -0.1) is 11.3 Å². The fourth-order valence-corrected chi connectivity index (χ4v) is 8.05. The van der Waals surface area contributed by atoms with E-state index in [9.17, 15) is 26.9 Å². The van der Waals surface area contributed by atoms with Crippen molar-refractivity contribution in [2.75, 3.05) is 18.0 Å². The smallest absolute Gasteiger partial charge is 0.354 e. The van der Waals surface area contributed by atoms with Crippen molar-refractivity contribution in [3.63, 3.8) is 0 Å². The summed E-state index contributed by atoms with van der Waals surface area (Å²) in [6.07, 6.45) is -4.07. The second kappa shape index (κ2) is 10.1. The Labute approximate surface area is 237 Å². The maximum absolute atomic E-state index is 13.8. The van der Waals surface area contributed by atoms with Crippen molar-refractivity contribution in [3.8, 4) is 6.07 Å². The Balaban J connectivity index is 1.36. The number of H-pyrrole nitrogens is 1. The molecule has 1 aliphatic rings. The summed E-state index contributed by atoms with van der Waals surface area (Å²) in [6.45, 7) is 2.35. The molecule has 1 aliphatic heterocycles. The van der Waals surface area contributed by atoms with Gasteiger partial charge in [0.05, 0.1) is 16.7 Å². The van der Waals surface area contributed by atoms with Crippen LogP contribution in [0, 0.1) is 18.3 Å². The van der Waals surface area contributed by atoms with E-state index in [0.29, 0.717) is 44.7 Å². The van der Waals surface area contributed by atoms with E-state index in [2.05, 4.69) is 19.7 Å². The van der Waals surface area contributed by atoms with Crippen molar-refractivity contribution >= 4 is 48.3 Å². The number of anilines is 1. The van der Waals surface area contributed by atoms with Gasteiger partial charge in [0.25, 0.3) is 0 Å². The molecule has 41 heavy (non-hydrogen) atoms. The van der Waals surface area contributed by atoms with E-state index in [4.69, 9.17) is 0 Å². The van der Waals surface area contributed by atoms with Crippen molar-refractivity contribution in [1.82, 2.24) is 19.7 Å². The van der Waals surface area contributed by atoms with E-state index in [1.54, 1.807) is 19.1 Å². The molecule has 210 valence electrons. The number of aromatic nitrogens is 3. The second-order valence-electron chi connectivity index (χ2n) is 10.0. The molecule has 0 spiro atoms. The molecule has 2 N–H and O–H groups in total. The van der Waals surface area contributed by atoms with Crippen molar-refractivity contribution in [2.45, 2.75) is 36.4 Å². The first-order valence-corrected chi connectivity index (χ1v) is 15.0. The van der Waals surface area contributed by atoms with E-state index in [-0.39, 0.29) is 22.2 Å². The first kappa shape index (κ1) is 27.2. The molecule has 2 atom stereocenters. The molecule has 3 aromatic heterocycles. The summed E-state index contributed by atoms with van der Waals surface area (Å²) in [5.41, 5.74) is 2.45. The summed E-state index contributed by atoms with van der Waals surface area (Å²) < 4.78 is 69.6. The van der Waals surface area contributed by atoms with Crippen LogP contribution >= 0.6 is 11.3 Å². The highest BCUT2D eigenvalue weighted by atomic mass is 32.2. The van der Waals surface area contributed by atoms with Gasteiger partial charge in [0.1, 0.15) is 28.7 Å². The fourth-order valence-electron chi connectivity index (χ4n) is 5.51. The standard InChI is InChI=1S/C28H23F3N6O2S2/c1-16-20-9-18(12-32)35-23(20)7-8-25(16)41(38,39)36-24-14-37(13-22(24)17-5-3-2-4-6-17)26-21-10-19(11-28(29,30)31)40-27(21)34-15-33-26/h2-10,15,22,24,35-36H,11,13-14H2,1H3. The number of sulfonamides is 1. The van der Waals surface area contributed by atoms with E-state index in [1.165, 1.54) is 18.5 Å². The number of nitriles is 1. The minimum Gasteiger partial charge on any atom is -0.354 e. The normalized spacial score (nSPS) is 17.9. The lowest BCUT2D eigenvalue weighted by molar-refractivity contribution is -0.126. The van der Waals surface area contributed by atoms with Crippen molar-refractivity contribution in [3.05, 3.63) is 82.6 Å². The largest absolute Gasteiger partial charge is 0.393 e. The van der Waals surface area contributed by atoms with Gasteiger partial charge in [-0.2, -0.15) is 18.4 Å². The number of aromatic amines is 1. The number of halogens is 3. The highest BCUT2D eigenvalue weighted by molar-refractivity contribution is 7.89. The topological polar surface area (TPSA) is 115 Å². The number of thiophene rings is 1. The molecule has 1 saturated heterocycles. The van der Waals surface area contributed by atoms with Gasteiger partial charge in [-0.25, -0.2) is 23.1 Å². The monoisotopic (exact) mass is 596 g/mol. The SMILES string of the molecule is Cc1c(S(=O)(=O)NC2CN(c3ncnc4sc(CC(F)(F)F)cc34)CC2c2ccccc2)ccc2[nH]c(C#N)cc12. The molecule has 4 heterocycles. The summed E-state index contributed by atoms with van der Waals surface area (Å²) in [5, 5.41) is 10.4. The minimum absolute atomic E-state index is 0.109. The quantitative estimate of drug-likeness (QED) is 0.271. The summed E-state index contributed by atoms with van der Waals surface area (Å²) in [6, 6.07) is 17.2. The maximum atomic E-state index is 13.8. The molecule has 1 fully saturated rings. The molecule has 13 heteroatoms. The van der Waals surface area contributed by atoms with E-state index < -0.39 is 28.7 Å². The van der Waals surface area contributed by atoms with Crippen molar-refractivity contribution in [1.29, 1.82) is 5.26 Å². The Morgan fingerprint density at radius 1 is 1.12 bits per heavy atom. The molecule has 5 aromatic rings. The minimum atomic E-state index is -4.35. The van der Waals surface area contributed by atoms with E-state index in [1.807, 2.05) is 41.3 Å². The first-order chi connectivity index (χ1) is 19.5. The zero-order valence-corrected chi connectivity index (χ0v) is 23.2. The lowest BCUT2D eigenvalue weighted by atomic mass is 9.95. The Hall–Kier alpha value is -3.99. The number of fused-ring (bicyclic) bond motifs is 2. The zero-order chi connectivity index (χ0) is 28.9. The van der Waals surface area contributed by atoms with Gasteiger partial charge in [0, 0.05) is 40.8 Å². The van der Waals surface area contributed by atoms with Gasteiger partial charge in [-0.05, 0) is 42.3 Å². The molecule has 0 saturated carbocycles. The fraction of sp³-hybridized carbons (Fsp3) is 0.250. The highest BCUT2D eigenvalue weighted by Crippen LogP contribution is 2.38. The van der Waals surface area contributed by atoms with Gasteiger partial charge >= 0.3 is 6.18 Å². The summed E-state index contributed by atoms with van der Waals surface area (Å²) in [7, 11) is -4.00. The molecule has 0 radical (unpaired) electrons. The lowest BCUT2D eigenvalue weighted by Gasteiger charge is -2.20. The molecule has 0 aliphatic carbocycles. The third kappa shape index (κ3) is 5.26. The van der Waals surface area contributed by atoms with Crippen LogP contribution in [0.2, 0.25) is 0 Å². The first-order valence-electron chi connectivity index (χ1n) is 12.7. The van der Waals surface area contributed by atoms with Gasteiger partial charge < -0.3 is 9.88 Å². The van der Waals surface area contributed by atoms with Crippen LogP contribution in [0.3, 0.4) is 0 Å². The average molecular weight is 597 g/mol. The van der Waals surface area contributed by atoms with Gasteiger partial charge in [-0.1, -0.05) is 30.3 Å². The number of hydrogen-bond acceptors (Lipinski definition) is 7. The number of aryl methyl sites for hydroxylation is 1. The van der Waals surface area contributed by atoms with Crippen LogP contribution in [0.25, 0.3) is 21.1 Å². The predicted octanol–water partition coefficient (Wildman–Crippen LogP) is 5.41. The van der Waals surface area contributed by atoms with Crippen molar-refractivity contribution < 1.29 is 21.6 Å². The Bertz CT molecular complexity index is 1910. The number of alkyl halides is 3. The van der Waals surface area contributed by atoms with Crippen molar-refractivity contribution in [2.24, 2.45) is 0 Å². The Kier molecular flexibility index (Phi) is 6.72. The predicted molar refractivity (Wildman–Crippen MR) is 150 cm³/mol. The molecular formula is C28H23F3N6O2S2. The van der Waals surface area contributed by atoms with E-state index in [0.717, 1.165) is 16.9 Å². The number of hydrogen-bond donors (Lipinski definition) is 2. The average Bonchev–Trinajstić information content (AvgIpc) is 3.64. The number of nitrogens with zero attached hydrogens (tertiary/aromatic N) is 4. The van der Waals surface area contributed by atoms with Crippen LogP contribution in [-0.2, 0) is 16.4 Å². The maximum Gasteiger partial charge on any atom is 0.393 e. The van der Waals surface area contributed by atoms with Crippen LogP contribution in [0.4, 0.5) is 19.0 Å². The third-order valence-corrected chi connectivity index (χ3v) is 10.00. The summed E-state index contributed by atoms with van der Waals surface area (Å²) in [4.78, 5) is 14.1. The Morgan fingerprint density at radius 3 is 2.63 bits per heavy atom. The van der Waals surface area contributed by atoms with Gasteiger partial charge in [0.2, 0.25) is 10.0 Å². The van der Waals surface area contributed by atoms with Crippen LogP contribution in [0.15, 0.2) is 65.8 Å². The van der Waals surface area contributed by atoms with Gasteiger partial charge in [0.15, 0.2) is 0 Å². The third-order valence-electron chi connectivity index (χ3n) is 7.32. The van der Waals surface area contributed by atoms with Crippen LogP contribution in [0.1, 0.15) is 27.6 Å². The Morgan fingerprint density at radius 2 is 1.90 bits per heavy atom. The van der Waals surface area contributed by atoms with Crippen LogP contribution < -0.4 is 9.62 Å². The second-order valence-corrected chi connectivity index (χ2v) is 12.8. The molecule has 2 aromatic carbocycles. The number of benzene rings is 2. The molecule has 0 amide bonds.